The van der Waals surface area contributed by atoms with Gasteiger partial charge in [0.15, 0.2) is 13.7 Å². The molecule has 0 saturated carbocycles. The van der Waals surface area contributed by atoms with Crippen LogP contribution >= 0.6 is 0 Å². The van der Waals surface area contributed by atoms with E-state index in [9.17, 15) is 10.2 Å². The Hall–Kier alpha value is -0.315. The highest BCUT2D eigenvalue weighted by Crippen LogP contribution is 2.20. The summed E-state index contributed by atoms with van der Waals surface area (Å²) in [6.45, 7) is 5.43. The van der Waals surface area contributed by atoms with Gasteiger partial charge in [0.25, 0.3) is 0 Å². The summed E-state index contributed by atoms with van der Waals surface area (Å²) < 4.78 is 0. The maximum absolute atomic E-state index is 9.22. The Morgan fingerprint density at radius 3 is 2.64 bits per heavy atom. The fraction of sp³-hybridized carbons (Fsp3) is 0.800. The molecule has 1 heterocycles. The molecule has 0 atom stereocenters. The van der Waals surface area contributed by atoms with E-state index in [-0.39, 0.29) is 0 Å². The maximum Gasteiger partial charge on any atom is 0.178 e. The van der Waals surface area contributed by atoms with E-state index < -0.39 is 5.81 Å². The Balaban J connectivity index is 2.64. The molecule has 0 fully saturated rings. The van der Waals surface area contributed by atoms with E-state index in [1.165, 1.54) is 10.5 Å². The van der Waals surface area contributed by atoms with Crippen molar-refractivity contribution in [1.82, 2.24) is 4.90 Å². The number of nitrogens with zero attached hydrogens (tertiary/aromatic N) is 1. The first-order valence-electron chi connectivity index (χ1n) is 5.09. The summed E-state index contributed by atoms with van der Waals surface area (Å²) in [7, 11) is 5.21. The second-order valence-electron chi connectivity index (χ2n) is 4.17. The van der Waals surface area contributed by atoms with Crippen LogP contribution in [0, 0.1) is 5.92 Å². The Kier molecular flexibility index (Phi) is 3.75. The van der Waals surface area contributed by atoms with E-state index in [0.717, 1.165) is 12.8 Å². The number of hydrogen-bond donors (Lipinski definition) is 2. The normalized spacial score (nSPS) is 20.8. The van der Waals surface area contributed by atoms with Crippen LogP contribution in [0.4, 0.5) is 0 Å². The largest absolute Gasteiger partial charge is 0.362 e. The van der Waals surface area contributed by atoms with Gasteiger partial charge in [0.05, 0.1) is 0 Å². The first-order valence-corrected chi connectivity index (χ1v) is 5.09. The first-order chi connectivity index (χ1) is 6.41. The summed E-state index contributed by atoms with van der Waals surface area (Å²) in [4.78, 5) is 1.46. The monoisotopic (exact) mass is 195 g/mol. The van der Waals surface area contributed by atoms with Crippen molar-refractivity contribution in [3.8, 4) is 0 Å². The van der Waals surface area contributed by atoms with Crippen molar-refractivity contribution in [2.75, 3.05) is 13.1 Å². The van der Waals surface area contributed by atoms with Gasteiger partial charge in [-0.2, -0.15) is 0 Å². The fourth-order valence-electron chi connectivity index (χ4n) is 1.72. The molecule has 1 aliphatic rings. The van der Waals surface area contributed by atoms with Gasteiger partial charge in [-0.25, -0.2) is 0 Å². The average molecular weight is 195 g/mol. The Morgan fingerprint density at radius 2 is 2.14 bits per heavy atom. The van der Waals surface area contributed by atoms with Crippen LogP contribution in [0.2, 0.25) is 0 Å². The van der Waals surface area contributed by atoms with Gasteiger partial charge in [-0.3, -0.25) is 4.90 Å². The third-order valence-corrected chi connectivity index (χ3v) is 2.67. The SMILES string of the molecule is [B]C(O)(O)N1CC=C(C(C)C)CCC1. The van der Waals surface area contributed by atoms with Crippen molar-refractivity contribution in [1.29, 1.82) is 0 Å². The standard InChI is InChI=1S/C10H18BNO2/c1-8(2)9-4-3-6-12(7-5-9)10(11,13)14/h5,8,13-14H,3-4,6-7H2,1-2H3. The van der Waals surface area contributed by atoms with Crippen molar-refractivity contribution in [3.05, 3.63) is 11.6 Å². The number of rotatable bonds is 2. The van der Waals surface area contributed by atoms with E-state index in [0.29, 0.717) is 19.0 Å². The van der Waals surface area contributed by atoms with Crippen molar-refractivity contribution in [3.63, 3.8) is 0 Å². The number of allylic oxidation sites excluding steroid dienone is 1. The number of hydrogen-bond acceptors (Lipinski definition) is 3. The highest BCUT2D eigenvalue weighted by Gasteiger charge is 2.25. The molecule has 2 radical (unpaired) electrons. The zero-order valence-electron chi connectivity index (χ0n) is 8.90. The molecule has 0 aromatic carbocycles. The first kappa shape index (κ1) is 11.8. The zero-order valence-corrected chi connectivity index (χ0v) is 8.90. The summed E-state index contributed by atoms with van der Waals surface area (Å²) in [5.41, 5.74) is 1.37. The zero-order chi connectivity index (χ0) is 10.8. The molecule has 3 nitrogen and oxygen atoms in total. The van der Waals surface area contributed by atoms with Crippen LogP contribution in [0.25, 0.3) is 0 Å². The summed E-state index contributed by atoms with van der Waals surface area (Å²) in [5.74, 6) is -1.65. The average Bonchev–Trinajstić information content (AvgIpc) is 2.26. The summed E-state index contributed by atoms with van der Waals surface area (Å²) in [6.07, 6.45) is 3.99. The van der Waals surface area contributed by atoms with Gasteiger partial charge in [-0.1, -0.05) is 25.5 Å². The van der Waals surface area contributed by atoms with Crippen molar-refractivity contribution in [2.45, 2.75) is 32.5 Å². The lowest BCUT2D eigenvalue weighted by Crippen LogP contribution is -2.49. The molecule has 1 rings (SSSR count). The fourth-order valence-corrected chi connectivity index (χ4v) is 1.72. The molecular formula is C10H18BNO2. The molecule has 0 amide bonds. The molecule has 0 aromatic rings. The minimum absolute atomic E-state index is 0.511. The van der Waals surface area contributed by atoms with E-state index in [2.05, 4.69) is 13.8 Å². The maximum atomic E-state index is 9.22. The number of aliphatic hydroxyl groups is 2. The Labute approximate surface area is 86.8 Å². The second kappa shape index (κ2) is 4.47. The van der Waals surface area contributed by atoms with Crippen LogP contribution in [0.3, 0.4) is 0 Å². The van der Waals surface area contributed by atoms with Gasteiger partial charge in [0.1, 0.15) is 0 Å². The van der Waals surface area contributed by atoms with Gasteiger partial charge in [-0.05, 0) is 18.8 Å². The van der Waals surface area contributed by atoms with Crippen molar-refractivity contribution in [2.24, 2.45) is 5.92 Å². The van der Waals surface area contributed by atoms with E-state index in [4.69, 9.17) is 7.85 Å². The quantitative estimate of drug-likeness (QED) is 0.381. The molecule has 78 valence electrons. The molecule has 0 aliphatic carbocycles. The van der Waals surface area contributed by atoms with Gasteiger partial charge in [0.2, 0.25) is 0 Å². The van der Waals surface area contributed by atoms with Gasteiger partial charge < -0.3 is 10.2 Å². The molecule has 0 bridgehead atoms. The summed E-state index contributed by atoms with van der Waals surface area (Å²) in [5, 5.41) is 18.4. The molecule has 0 spiro atoms. The predicted octanol–water partition coefficient (Wildman–Crippen LogP) is 0.429. The Morgan fingerprint density at radius 1 is 1.50 bits per heavy atom. The van der Waals surface area contributed by atoms with Gasteiger partial charge in [-0.15, -0.1) is 0 Å². The van der Waals surface area contributed by atoms with E-state index >= 15 is 0 Å². The topological polar surface area (TPSA) is 43.7 Å². The van der Waals surface area contributed by atoms with E-state index in [1.807, 2.05) is 6.08 Å². The molecule has 4 heteroatoms. The molecule has 2 N–H and O–H groups in total. The second-order valence-corrected chi connectivity index (χ2v) is 4.17. The molecule has 0 unspecified atom stereocenters. The molecule has 1 aliphatic heterocycles. The lowest BCUT2D eigenvalue weighted by molar-refractivity contribution is -0.193. The predicted molar refractivity (Wildman–Crippen MR) is 56.7 cm³/mol. The molecule has 0 aromatic heterocycles. The Bertz CT molecular complexity index is 221. The van der Waals surface area contributed by atoms with Crippen LogP contribution in [-0.2, 0) is 0 Å². The highest BCUT2D eigenvalue weighted by atomic mass is 16.5. The third kappa shape index (κ3) is 3.12. The van der Waals surface area contributed by atoms with Crippen LogP contribution in [-0.4, -0.2) is 41.9 Å². The summed E-state index contributed by atoms with van der Waals surface area (Å²) in [6, 6.07) is 0. The van der Waals surface area contributed by atoms with Crippen LogP contribution in [0.1, 0.15) is 26.7 Å². The van der Waals surface area contributed by atoms with Gasteiger partial charge in [0, 0.05) is 13.1 Å². The third-order valence-electron chi connectivity index (χ3n) is 2.67. The van der Waals surface area contributed by atoms with Crippen molar-refractivity contribution < 1.29 is 10.2 Å². The lowest BCUT2D eigenvalue weighted by Gasteiger charge is -2.31. The smallest absolute Gasteiger partial charge is 0.178 e. The highest BCUT2D eigenvalue weighted by molar-refractivity contribution is 6.12. The van der Waals surface area contributed by atoms with Gasteiger partial charge >= 0.3 is 0 Å². The minimum Gasteiger partial charge on any atom is -0.362 e. The van der Waals surface area contributed by atoms with Crippen molar-refractivity contribution >= 4 is 7.85 Å². The summed E-state index contributed by atoms with van der Waals surface area (Å²) >= 11 is 0. The molecular weight excluding hydrogens is 177 g/mol. The molecule has 14 heavy (non-hydrogen) atoms. The van der Waals surface area contributed by atoms with Crippen LogP contribution in [0.15, 0.2) is 11.6 Å². The lowest BCUT2D eigenvalue weighted by atomic mass is 9.99. The van der Waals surface area contributed by atoms with E-state index in [1.54, 1.807) is 0 Å². The molecule has 0 saturated heterocycles. The van der Waals surface area contributed by atoms with Crippen LogP contribution in [0.5, 0.6) is 0 Å². The van der Waals surface area contributed by atoms with Crippen LogP contribution < -0.4 is 0 Å². The minimum atomic E-state index is -2.18.